The van der Waals surface area contributed by atoms with Gasteiger partial charge in [0.1, 0.15) is 11.9 Å². The van der Waals surface area contributed by atoms with Crippen LogP contribution in [0.25, 0.3) is 0 Å². The zero-order valence-electron chi connectivity index (χ0n) is 17.6. The van der Waals surface area contributed by atoms with Crippen molar-refractivity contribution < 1.29 is 22.7 Å². The quantitative estimate of drug-likeness (QED) is 0.675. The van der Waals surface area contributed by atoms with Gasteiger partial charge in [0.2, 0.25) is 21.8 Å². The van der Waals surface area contributed by atoms with Crippen molar-refractivity contribution in [3.8, 4) is 5.75 Å². The first-order chi connectivity index (χ1) is 14.6. The number of hydrogen-bond acceptors (Lipinski definition) is 5. The molecule has 0 spiro atoms. The van der Waals surface area contributed by atoms with E-state index in [4.69, 9.17) is 9.88 Å². The van der Waals surface area contributed by atoms with Crippen molar-refractivity contribution in [2.45, 2.75) is 44.1 Å². The van der Waals surface area contributed by atoms with E-state index < -0.39 is 10.0 Å². The highest BCUT2D eigenvalue weighted by molar-refractivity contribution is 7.89. The number of fused-ring (bicyclic) bond motifs is 1. The molecule has 9 heteroatoms. The van der Waals surface area contributed by atoms with Crippen LogP contribution in [0.2, 0.25) is 0 Å². The second kappa shape index (κ2) is 9.49. The Morgan fingerprint density at radius 2 is 1.87 bits per heavy atom. The first-order valence-corrected chi connectivity index (χ1v) is 11.6. The Kier molecular flexibility index (Phi) is 6.97. The Hall–Kier alpha value is -2.91. The number of primary sulfonamides is 1. The van der Waals surface area contributed by atoms with Gasteiger partial charge in [-0.2, -0.15) is 0 Å². The summed E-state index contributed by atoms with van der Waals surface area (Å²) in [6, 6.07) is 11.9. The van der Waals surface area contributed by atoms with Gasteiger partial charge in [-0.3, -0.25) is 9.59 Å². The topological polar surface area (TPSA) is 119 Å². The molecule has 3 rings (SSSR count). The second-order valence-electron chi connectivity index (χ2n) is 7.69. The van der Waals surface area contributed by atoms with Gasteiger partial charge >= 0.3 is 0 Å². The Bertz CT molecular complexity index is 1070. The lowest BCUT2D eigenvalue weighted by molar-refractivity contribution is -0.125. The molecule has 0 saturated carbocycles. The fourth-order valence-electron chi connectivity index (χ4n) is 3.42. The predicted molar refractivity (Wildman–Crippen MR) is 117 cm³/mol. The Balaban J connectivity index is 1.48. The molecule has 2 aromatic rings. The molecule has 0 saturated heterocycles. The zero-order valence-corrected chi connectivity index (χ0v) is 18.4. The third kappa shape index (κ3) is 6.05. The van der Waals surface area contributed by atoms with Crippen LogP contribution in [0.4, 0.5) is 5.69 Å². The van der Waals surface area contributed by atoms with Crippen LogP contribution in [0.5, 0.6) is 5.75 Å². The normalized spacial score (nSPS) is 15.7. The fraction of sp³-hybridized carbons (Fsp3) is 0.364. The largest absolute Gasteiger partial charge is 0.487 e. The summed E-state index contributed by atoms with van der Waals surface area (Å²) in [6.45, 7) is 4.70. The van der Waals surface area contributed by atoms with Crippen molar-refractivity contribution in [3.63, 3.8) is 0 Å². The molecule has 8 nitrogen and oxygen atoms in total. The molecule has 2 amide bonds. The van der Waals surface area contributed by atoms with Gasteiger partial charge < -0.3 is 15.0 Å². The van der Waals surface area contributed by atoms with Gasteiger partial charge in [0.15, 0.2) is 0 Å². The molecule has 0 aromatic heterocycles. The number of sulfonamides is 1. The highest BCUT2D eigenvalue weighted by Gasteiger charge is 2.27. The number of nitrogens with one attached hydrogen (secondary N) is 1. The highest BCUT2D eigenvalue weighted by atomic mass is 32.2. The Labute approximate surface area is 182 Å². The number of nitrogens with zero attached hydrogens (tertiary/aromatic N) is 1. The van der Waals surface area contributed by atoms with Gasteiger partial charge in [0, 0.05) is 19.4 Å². The molecule has 0 fully saturated rings. The minimum atomic E-state index is -3.72. The molecule has 1 unspecified atom stereocenters. The summed E-state index contributed by atoms with van der Waals surface area (Å²) < 4.78 is 28.3. The minimum Gasteiger partial charge on any atom is -0.487 e. The molecule has 31 heavy (non-hydrogen) atoms. The summed E-state index contributed by atoms with van der Waals surface area (Å²) in [5.74, 6) is 0.353. The van der Waals surface area contributed by atoms with E-state index >= 15 is 0 Å². The van der Waals surface area contributed by atoms with Gasteiger partial charge in [-0.1, -0.05) is 18.2 Å². The molecule has 0 bridgehead atoms. The van der Waals surface area contributed by atoms with E-state index in [1.807, 2.05) is 32.0 Å². The summed E-state index contributed by atoms with van der Waals surface area (Å²) in [4.78, 5) is 26.7. The smallest absolute Gasteiger partial charge is 0.238 e. The summed E-state index contributed by atoms with van der Waals surface area (Å²) in [5.41, 5.74) is 2.65. The first-order valence-electron chi connectivity index (χ1n) is 10.1. The van der Waals surface area contributed by atoms with Crippen LogP contribution >= 0.6 is 0 Å². The van der Waals surface area contributed by atoms with Crippen molar-refractivity contribution in [2.75, 3.05) is 18.0 Å². The van der Waals surface area contributed by atoms with E-state index in [-0.39, 0.29) is 35.7 Å². The van der Waals surface area contributed by atoms with E-state index in [1.54, 1.807) is 17.0 Å². The maximum Gasteiger partial charge on any atom is 0.238 e. The SMILES string of the molecule is Cc1ccc2c(c1)N(C(=O)CCC(=O)NCCc1ccc(S(N)(=O)=O)cc1)CC(C)O2. The summed E-state index contributed by atoms with van der Waals surface area (Å²) in [6.07, 6.45) is 0.622. The predicted octanol–water partition coefficient (Wildman–Crippen LogP) is 1.90. The molecule has 1 aliphatic heterocycles. The van der Waals surface area contributed by atoms with Crippen molar-refractivity contribution in [1.29, 1.82) is 0 Å². The van der Waals surface area contributed by atoms with Crippen LogP contribution in [0.3, 0.4) is 0 Å². The van der Waals surface area contributed by atoms with Gasteiger partial charge in [-0.15, -0.1) is 0 Å². The summed E-state index contributed by atoms with van der Waals surface area (Å²) in [7, 11) is -3.72. The number of nitrogens with two attached hydrogens (primary N) is 1. The van der Waals surface area contributed by atoms with Gasteiger partial charge in [0.25, 0.3) is 0 Å². The lowest BCUT2D eigenvalue weighted by atomic mass is 10.1. The van der Waals surface area contributed by atoms with Crippen LogP contribution in [0.1, 0.15) is 30.9 Å². The van der Waals surface area contributed by atoms with E-state index in [0.29, 0.717) is 25.3 Å². The molecule has 0 radical (unpaired) electrons. The second-order valence-corrected chi connectivity index (χ2v) is 9.25. The highest BCUT2D eigenvalue weighted by Crippen LogP contribution is 2.34. The van der Waals surface area contributed by atoms with E-state index in [1.165, 1.54) is 12.1 Å². The lowest BCUT2D eigenvalue weighted by Crippen LogP contribution is -2.42. The van der Waals surface area contributed by atoms with Crippen LogP contribution in [-0.4, -0.2) is 39.4 Å². The minimum absolute atomic E-state index is 0.0491. The molecule has 3 N–H and O–H groups in total. The number of amides is 2. The standard InChI is InChI=1S/C22H27N3O5S/c1-15-3-8-20-19(13-15)25(14-16(2)30-20)22(27)10-9-21(26)24-12-11-17-4-6-18(7-5-17)31(23,28)29/h3-8,13,16H,9-12,14H2,1-2H3,(H,24,26)(H2,23,28,29). The number of benzene rings is 2. The number of carbonyl (C=O) groups excluding carboxylic acids is 2. The number of hydrogen-bond donors (Lipinski definition) is 2. The number of anilines is 1. The third-order valence-electron chi connectivity index (χ3n) is 5.03. The monoisotopic (exact) mass is 445 g/mol. The lowest BCUT2D eigenvalue weighted by Gasteiger charge is -2.33. The zero-order chi connectivity index (χ0) is 22.6. The average Bonchev–Trinajstić information content (AvgIpc) is 2.71. The van der Waals surface area contributed by atoms with Crippen LogP contribution < -0.4 is 20.1 Å². The van der Waals surface area contributed by atoms with Crippen LogP contribution in [0.15, 0.2) is 47.4 Å². The van der Waals surface area contributed by atoms with Crippen molar-refractivity contribution >= 4 is 27.5 Å². The summed E-state index contributed by atoms with van der Waals surface area (Å²) in [5, 5.41) is 7.87. The van der Waals surface area contributed by atoms with E-state index in [2.05, 4.69) is 5.32 Å². The average molecular weight is 446 g/mol. The maximum absolute atomic E-state index is 12.8. The molecule has 1 aliphatic rings. The van der Waals surface area contributed by atoms with Gasteiger partial charge in [-0.05, 0) is 55.7 Å². The maximum atomic E-state index is 12.8. The fourth-order valence-corrected chi connectivity index (χ4v) is 3.93. The van der Waals surface area contributed by atoms with E-state index in [0.717, 1.165) is 16.8 Å². The van der Waals surface area contributed by atoms with E-state index in [9.17, 15) is 18.0 Å². The molecular weight excluding hydrogens is 418 g/mol. The molecule has 1 heterocycles. The molecule has 2 aromatic carbocycles. The third-order valence-corrected chi connectivity index (χ3v) is 5.96. The summed E-state index contributed by atoms with van der Waals surface area (Å²) >= 11 is 0. The van der Waals surface area contributed by atoms with Crippen LogP contribution in [0, 0.1) is 6.92 Å². The molecule has 166 valence electrons. The van der Waals surface area contributed by atoms with Crippen molar-refractivity contribution in [3.05, 3.63) is 53.6 Å². The number of ether oxygens (including phenoxy) is 1. The number of rotatable bonds is 7. The Morgan fingerprint density at radius 1 is 1.16 bits per heavy atom. The van der Waals surface area contributed by atoms with Crippen molar-refractivity contribution in [2.24, 2.45) is 5.14 Å². The number of aryl methyl sites for hydroxylation is 1. The first kappa shape index (κ1) is 22.8. The van der Waals surface area contributed by atoms with Crippen molar-refractivity contribution in [1.82, 2.24) is 5.32 Å². The Morgan fingerprint density at radius 3 is 2.55 bits per heavy atom. The molecule has 0 aliphatic carbocycles. The van der Waals surface area contributed by atoms with Gasteiger partial charge in [0.05, 0.1) is 17.1 Å². The van der Waals surface area contributed by atoms with Gasteiger partial charge in [-0.25, -0.2) is 13.6 Å². The molecular formula is C22H27N3O5S. The number of carbonyl (C=O) groups is 2. The van der Waals surface area contributed by atoms with Crippen LogP contribution in [-0.2, 0) is 26.0 Å². The molecule has 1 atom stereocenters.